The number of rotatable bonds is 30. The van der Waals surface area contributed by atoms with Crippen LogP contribution in [0.5, 0.6) is 0 Å². The molecule has 5 rings (SSSR count). The first-order chi connectivity index (χ1) is 34.8. The fourth-order valence-electron chi connectivity index (χ4n) is 7.93. The van der Waals surface area contributed by atoms with Crippen LogP contribution in [-0.2, 0) is 55.9 Å². The second-order valence-corrected chi connectivity index (χ2v) is 17.9. The lowest BCUT2D eigenvalue weighted by molar-refractivity contribution is -0.761. The van der Waals surface area contributed by atoms with Crippen LogP contribution >= 0.6 is 0 Å². The number of aromatic nitrogens is 3. The Kier molecular flexibility index (Phi) is 23.1. The van der Waals surface area contributed by atoms with E-state index in [-0.39, 0.29) is 88.3 Å². The van der Waals surface area contributed by atoms with Gasteiger partial charge in [-0.3, -0.25) is 24.0 Å². The van der Waals surface area contributed by atoms with Crippen molar-refractivity contribution in [2.24, 2.45) is 11.7 Å². The fraction of sp³-hybridized carbons (Fsp3) is 0.500. The number of carbonyl (C=O) groups is 6. The van der Waals surface area contributed by atoms with Gasteiger partial charge in [0.05, 0.1) is 70.7 Å². The van der Waals surface area contributed by atoms with Crippen molar-refractivity contribution < 1.29 is 52.4 Å². The highest BCUT2D eigenvalue weighted by Gasteiger charge is 2.34. The van der Waals surface area contributed by atoms with Crippen molar-refractivity contribution in [2.45, 2.75) is 97.8 Å². The lowest BCUT2D eigenvalue weighted by atomic mass is 9.95. The summed E-state index contributed by atoms with van der Waals surface area (Å²) in [6.45, 7) is 12.9. The van der Waals surface area contributed by atoms with Crippen molar-refractivity contribution in [3.8, 4) is 22.5 Å². The molecule has 1 aliphatic rings. The van der Waals surface area contributed by atoms with Gasteiger partial charge in [0.1, 0.15) is 18.1 Å². The molecule has 72 heavy (non-hydrogen) atoms. The number of amides is 7. The summed E-state index contributed by atoms with van der Waals surface area (Å²) in [4.78, 5) is 79.0. The molecule has 7 amide bonds. The normalized spacial score (nSPS) is 12.7. The minimum atomic E-state index is -0.936. The Balaban J connectivity index is 0.903. The monoisotopic (exact) mass is 998 g/mol. The van der Waals surface area contributed by atoms with E-state index < -0.39 is 29.9 Å². The number of aryl methyl sites for hydroxylation is 1. The summed E-state index contributed by atoms with van der Waals surface area (Å²) in [5.74, 6) is -2.00. The second kappa shape index (κ2) is 29.6. The van der Waals surface area contributed by atoms with Crippen LogP contribution in [0.3, 0.4) is 0 Å². The highest BCUT2D eigenvalue weighted by molar-refractivity contribution is 6.01. The van der Waals surface area contributed by atoms with E-state index in [1.54, 1.807) is 30.9 Å². The SMILES string of the molecule is CCc1ccc(NC(=O)[C@H](CCCNC(N)=O)NC(=O)[C@@H](NC(=O)CCOCCOCCOCCOCCNC(=O)CCC(=O)N2Cc3ccccc3-c3n[nH][n+](C(C)C)c3-c3ccccc32)C(C)C)cc1. The molecule has 0 bridgehead atoms. The zero-order chi connectivity index (χ0) is 51.8. The maximum absolute atomic E-state index is 13.8. The van der Waals surface area contributed by atoms with Crippen LogP contribution in [0.2, 0.25) is 0 Å². The molecule has 1 aromatic heterocycles. The maximum Gasteiger partial charge on any atom is 0.312 e. The van der Waals surface area contributed by atoms with Gasteiger partial charge in [-0.2, -0.15) is 4.68 Å². The smallest absolute Gasteiger partial charge is 0.312 e. The fourth-order valence-corrected chi connectivity index (χ4v) is 7.93. The van der Waals surface area contributed by atoms with Gasteiger partial charge in [-0.25, -0.2) is 4.79 Å². The van der Waals surface area contributed by atoms with Crippen LogP contribution in [0.1, 0.15) is 83.9 Å². The molecule has 3 aromatic carbocycles. The number of nitrogens with two attached hydrogens (primary N) is 1. The molecule has 4 aromatic rings. The number of benzene rings is 3. The number of nitrogens with zero attached hydrogens (tertiary/aromatic N) is 3. The standard InChI is InChI=1S/C52H72N10O10/c1-6-37-17-19-39(20-18-37)56-50(66)42(15-11-24-55-52(53)68)57-51(67)47(35(2)3)58-45(64)23-26-69-28-30-71-32-33-72-31-29-70-27-25-54-44(63)21-22-46(65)61-34-38-12-7-8-13-40(38)48-49(62(36(4)5)60-59-48)41-14-9-10-16-43(41)61/h7-10,12-14,16-20,35-36,42,47H,6,11,15,21-34H2,1-5H3,(H7,53,54,55,56,57,58,63,64,66,67,68)/p+1/t42-,47-/m0/s1. The molecule has 0 spiro atoms. The second-order valence-electron chi connectivity index (χ2n) is 17.9. The molecule has 8 N–H and O–H groups in total. The number of urea groups is 1. The number of nitrogens with one attached hydrogen (secondary N) is 6. The predicted molar refractivity (Wildman–Crippen MR) is 271 cm³/mol. The number of carbonyl (C=O) groups excluding carboxylic acids is 6. The number of hydrogen-bond acceptors (Lipinski definition) is 11. The summed E-state index contributed by atoms with van der Waals surface area (Å²) in [7, 11) is 0. The van der Waals surface area contributed by atoms with Crippen molar-refractivity contribution >= 4 is 46.9 Å². The van der Waals surface area contributed by atoms with E-state index in [2.05, 4.69) is 45.6 Å². The molecule has 0 saturated heterocycles. The highest BCUT2D eigenvalue weighted by Crippen LogP contribution is 2.40. The molecule has 390 valence electrons. The quantitative estimate of drug-likeness (QED) is 0.0289. The molecular formula is C52H73N10O10+. The average molecular weight is 998 g/mol. The van der Waals surface area contributed by atoms with E-state index in [9.17, 15) is 28.8 Å². The van der Waals surface area contributed by atoms with Gasteiger partial charge in [0, 0.05) is 48.7 Å². The van der Waals surface area contributed by atoms with Crippen LogP contribution in [0.25, 0.3) is 22.5 Å². The molecule has 0 radical (unpaired) electrons. The van der Waals surface area contributed by atoms with Gasteiger partial charge in [0.15, 0.2) is 0 Å². The van der Waals surface area contributed by atoms with Gasteiger partial charge in [0.25, 0.3) is 5.69 Å². The van der Waals surface area contributed by atoms with E-state index >= 15 is 0 Å². The Bertz CT molecular complexity index is 2390. The first-order valence-electron chi connectivity index (χ1n) is 24.9. The summed E-state index contributed by atoms with van der Waals surface area (Å²) >= 11 is 0. The van der Waals surface area contributed by atoms with E-state index in [0.29, 0.717) is 51.6 Å². The molecule has 0 aliphatic carbocycles. The minimum absolute atomic E-state index is 0.0106. The summed E-state index contributed by atoms with van der Waals surface area (Å²) < 4.78 is 24.3. The topological polar surface area (TPSA) is 261 Å². The first kappa shape index (κ1) is 56.2. The Morgan fingerprint density at radius 3 is 2.00 bits per heavy atom. The van der Waals surface area contributed by atoms with Crippen LogP contribution < -0.4 is 41.9 Å². The highest BCUT2D eigenvalue weighted by atomic mass is 16.6. The maximum atomic E-state index is 13.8. The minimum Gasteiger partial charge on any atom is -0.379 e. The van der Waals surface area contributed by atoms with Crippen LogP contribution in [0.4, 0.5) is 16.2 Å². The number of anilines is 2. The number of aromatic amines is 1. The lowest BCUT2D eigenvalue weighted by Crippen LogP contribution is -2.54. The third kappa shape index (κ3) is 17.5. The molecular weight excluding hydrogens is 925 g/mol. The van der Waals surface area contributed by atoms with Crippen molar-refractivity contribution in [2.75, 3.05) is 76.2 Å². The Hall–Kier alpha value is -6.74. The van der Waals surface area contributed by atoms with E-state index in [1.807, 2.05) is 72.3 Å². The third-order valence-corrected chi connectivity index (χ3v) is 11.8. The molecule has 1 aliphatic heterocycles. The number of H-pyrrole nitrogens is 1. The van der Waals surface area contributed by atoms with Crippen molar-refractivity contribution in [1.82, 2.24) is 31.6 Å². The van der Waals surface area contributed by atoms with Crippen LogP contribution in [-0.4, -0.2) is 124 Å². The zero-order valence-electron chi connectivity index (χ0n) is 42.3. The first-order valence-corrected chi connectivity index (χ1v) is 24.9. The van der Waals surface area contributed by atoms with Gasteiger partial charge >= 0.3 is 6.03 Å². The summed E-state index contributed by atoms with van der Waals surface area (Å²) in [5.41, 5.74) is 12.2. The van der Waals surface area contributed by atoms with Gasteiger partial charge in [-0.1, -0.05) is 68.4 Å². The van der Waals surface area contributed by atoms with Gasteiger partial charge in [0.2, 0.25) is 35.2 Å². The molecule has 20 heteroatoms. The molecule has 0 unspecified atom stereocenters. The zero-order valence-corrected chi connectivity index (χ0v) is 42.3. The van der Waals surface area contributed by atoms with Crippen LogP contribution in [0, 0.1) is 5.92 Å². The Morgan fingerprint density at radius 2 is 1.35 bits per heavy atom. The molecule has 2 atom stereocenters. The average Bonchev–Trinajstić information content (AvgIpc) is 3.81. The predicted octanol–water partition coefficient (Wildman–Crippen LogP) is 4.09. The van der Waals surface area contributed by atoms with E-state index in [0.717, 1.165) is 45.7 Å². The van der Waals surface area contributed by atoms with Crippen molar-refractivity contribution in [3.63, 3.8) is 0 Å². The van der Waals surface area contributed by atoms with E-state index in [1.165, 1.54) is 0 Å². The summed E-state index contributed by atoms with van der Waals surface area (Å²) in [5, 5.41) is 21.6. The lowest BCUT2D eigenvalue weighted by Gasteiger charge is -2.27. The number of primary amides is 1. The van der Waals surface area contributed by atoms with Crippen molar-refractivity contribution in [1.29, 1.82) is 0 Å². The van der Waals surface area contributed by atoms with Gasteiger partial charge in [-0.15, -0.1) is 0 Å². The number of hydrogen-bond donors (Lipinski definition) is 7. The summed E-state index contributed by atoms with van der Waals surface area (Å²) in [6, 6.07) is 20.7. The molecule has 20 nitrogen and oxygen atoms in total. The molecule has 0 saturated carbocycles. The van der Waals surface area contributed by atoms with E-state index in [4.69, 9.17) is 29.8 Å². The van der Waals surface area contributed by atoms with Gasteiger partial charge in [-0.05, 0) is 80.5 Å². The number of ether oxygens (including phenoxy) is 4. The molecule has 2 heterocycles. The van der Waals surface area contributed by atoms with Crippen molar-refractivity contribution in [3.05, 3.63) is 83.9 Å². The number of para-hydroxylation sites is 1. The Morgan fingerprint density at radius 1 is 0.708 bits per heavy atom. The largest absolute Gasteiger partial charge is 0.379 e. The summed E-state index contributed by atoms with van der Waals surface area (Å²) in [6.07, 6.45) is 1.53. The number of fused-ring (bicyclic) bond motifs is 5. The van der Waals surface area contributed by atoms with Crippen LogP contribution in [0.15, 0.2) is 72.8 Å². The third-order valence-electron chi connectivity index (χ3n) is 11.8. The molecule has 0 fully saturated rings. The van der Waals surface area contributed by atoms with Gasteiger partial charge < -0.3 is 56.2 Å². The Labute approximate surface area is 421 Å².